The Morgan fingerprint density at radius 2 is 1.85 bits per heavy atom. The summed E-state index contributed by atoms with van der Waals surface area (Å²) in [5.41, 5.74) is 3.28. The lowest BCUT2D eigenvalue weighted by atomic mass is 10.1. The Bertz CT molecular complexity index is 711. The van der Waals surface area contributed by atoms with E-state index in [9.17, 15) is 4.79 Å². The molecule has 6 nitrogen and oxygen atoms in total. The van der Waals surface area contributed by atoms with Crippen LogP contribution in [0.2, 0.25) is 0 Å². The van der Waals surface area contributed by atoms with Crippen molar-refractivity contribution in [1.29, 1.82) is 0 Å². The Morgan fingerprint density at radius 1 is 1.08 bits per heavy atom. The number of anilines is 3. The predicted octanol–water partition coefficient (Wildman–Crippen LogP) is 4.10. The van der Waals surface area contributed by atoms with Crippen molar-refractivity contribution in [1.82, 2.24) is 10.2 Å². The molecule has 1 amide bonds. The van der Waals surface area contributed by atoms with Gasteiger partial charge < -0.3 is 15.5 Å². The number of unbranched alkanes of at least 4 members (excludes halogenated alkanes) is 1. The second-order valence-electron chi connectivity index (χ2n) is 6.21. The normalized spacial score (nSPS) is 10.5. The first-order valence-corrected chi connectivity index (χ1v) is 9.33. The second kappa shape index (κ2) is 9.75. The van der Waals surface area contributed by atoms with Gasteiger partial charge in [-0.15, -0.1) is 10.2 Å². The van der Waals surface area contributed by atoms with Crippen LogP contribution < -0.4 is 15.5 Å². The van der Waals surface area contributed by atoms with Gasteiger partial charge in [-0.05, 0) is 63.1 Å². The number of nitrogens with one attached hydrogen (secondary N) is 2. The first kappa shape index (κ1) is 19.7. The third-order valence-corrected chi connectivity index (χ3v) is 4.32. The summed E-state index contributed by atoms with van der Waals surface area (Å²) in [6, 6.07) is 9.54. The van der Waals surface area contributed by atoms with Gasteiger partial charge in [0, 0.05) is 31.0 Å². The van der Waals surface area contributed by atoms with Crippen molar-refractivity contribution in [2.24, 2.45) is 0 Å². The molecule has 0 atom stereocenters. The van der Waals surface area contributed by atoms with Crippen LogP contribution in [0.15, 0.2) is 30.3 Å². The number of amides is 1. The maximum absolute atomic E-state index is 12.4. The van der Waals surface area contributed by atoms with Crippen molar-refractivity contribution in [3.05, 3.63) is 41.6 Å². The first-order valence-electron chi connectivity index (χ1n) is 9.33. The Morgan fingerprint density at radius 3 is 2.42 bits per heavy atom. The van der Waals surface area contributed by atoms with Gasteiger partial charge in [-0.2, -0.15) is 0 Å². The van der Waals surface area contributed by atoms with E-state index >= 15 is 0 Å². The summed E-state index contributed by atoms with van der Waals surface area (Å²) < 4.78 is 0. The zero-order valence-electron chi connectivity index (χ0n) is 16.2. The molecule has 0 saturated heterocycles. The summed E-state index contributed by atoms with van der Waals surface area (Å²) in [7, 11) is 0. The van der Waals surface area contributed by atoms with E-state index in [1.165, 1.54) is 0 Å². The molecule has 0 radical (unpaired) electrons. The van der Waals surface area contributed by atoms with Gasteiger partial charge in [0.05, 0.1) is 0 Å². The van der Waals surface area contributed by atoms with Crippen LogP contribution in [0.1, 0.15) is 49.7 Å². The number of carbonyl (C=O) groups is 1. The van der Waals surface area contributed by atoms with Crippen LogP contribution in [-0.4, -0.2) is 35.7 Å². The lowest BCUT2D eigenvalue weighted by molar-refractivity contribution is 0.102. The molecular formula is C20H29N5O. The molecule has 1 heterocycles. The Kier molecular flexibility index (Phi) is 7.38. The fourth-order valence-corrected chi connectivity index (χ4v) is 2.70. The van der Waals surface area contributed by atoms with E-state index in [2.05, 4.69) is 52.6 Å². The van der Waals surface area contributed by atoms with E-state index in [1.54, 1.807) is 12.1 Å². The van der Waals surface area contributed by atoms with E-state index < -0.39 is 0 Å². The van der Waals surface area contributed by atoms with Crippen molar-refractivity contribution >= 4 is 23.1 Å². The van der Waals surface area contributed by atoms with Crippen LogP contribution >= 0.6 is 0 Å². The number of aryl methyl sites for hydroxylation is 1. The van der Waals surface area contributed by atoms with Crippen LogP contribution in [0.4, 0.5) is 17.2 Å². The Balaban J connectivity index is 2.03. The summed E-state index contributed by atoms with van der Waals surface area (Å²) in [6.45, 7) is 11.2. The monoisotopic (exact) mass is 355 g/mol. The van der Waals surface area contributed by atoms with Gasteiger partial charge in [0.2, 0.25) is 0 Å². The summed E-state index contributed by atoms with van der Waals surface area (Å²) in [5.74, 6) is 0.436. The zero-order chi connectivity index (χ0) is 18.9. The lowest BCUT2D eigenvalue weighted by Gasteiger charge is -2.22. The number of benzene rings is 1. The second-order valence-corrected chi connectivity index (χ2v) is 6.21. The number of nitrogens with zero attached hydrogens (tertiary/aromatic N) is 3. The summed E-state index contributed by atoms with van der Waals surface area (Å²) >= 11 is 0. The molecule has 1 aromatic heterocycles. The average molecular weight is 355 g/mol. The molecule has 1 aromatic carbocycles. The highest BCUT2D eigenvalue weighted by Crippen LogP contribution is 2.23. The van der Waals surface area contributed by atoms with Crippen molar-refractivity contribution in [3.63, 3.8) is 0 Å². The maximum atomic E-state index is 12.4. The van der Waals surface area contributed by atoms with Gasteiger partial charge in [-0.3, -0.25) is 4.79 Å². The highest BCUT2D eigenvalue weighted by atomic mass is 16.1. The van der Waals surface area contributed by atoms with Crippen molar-refractivity contribution < 1.29 is 4.79 Å². The maximum Gasteiger partial charge on any atom is 0.276 e. The SMILES string of the molecule is CCCCNc1ccc(C(=O)Nc2ccc(N(CC)CC)cc2C)nn1. The molecular weight excluding hydrogens is 326 g/mol. The van der Waals surface area contributed by atoms with Gasteiger partial charge in [-0.25, -0.2) is 0 Å². The number of hydrogen-bond donors (Lipinski definition) is 2. The third kappa shape index (κ3) is 5.18. The minimum Gasteiger partial charge on any atom is -0.372 e. The van der Waals surface area contributed by atoms with Crippen LogP contribution in [0.25, 0.3) is 0 Å². The standard InChI is InChI=1S/C20H29N5O/c1-5-8-13-21-19-12-11-18(23-24-19)20(26)22-17-10-9-16(14-15(17)4)25(6-2)7-3/h9-12,14H,5-8,13H2,1-4H3,(H,21,24)(H,22,26). The van der Waals surface area contributed by atoms with Gasteiger partial charge >= 0.3 is 0 Å². The molecule has 0 unspecified atom stereocenters. The fraction of sp³-hybridized carbons (Fsp3) is 0.450. The van der Waals surface area contributed by atoms with Crippen LogP contribution in [0.5, 0.6) is 0 Å². The summed E-state index contributed by atoms with van der Waals surface area (Å²) in [5, 5.41) is 14.2. The van der Waals surface area contributed by atoms with Crippen LogP contribution in [0.3, 0.4) is 0 Å². The highest BCUT2D eigenvalue weighted by molar-refractivity contribution is 6.03. The van der Waals surface area contributed by atoms with Crippen molar-refractivity contribution in [3.8, 4) is 0 Å². The molecule has 0 aliphatic carbocycles. The lowest BCUT2D eigenvalue weighted by Crippen LogP contribution is -2.22. The smallest absolute Gasteiger partial charge is 0.276 e. The molecule has 6 heteroatoms. The minimum absolute atomic E-state index is 0.253. The number of aromatic nitrogens is 2. The number of carbonyl (C=O) groups excluding carboxylic acids is 1. The number of hydrogen-bond acceptors (Lipinski definition) is 5. The molecule has 0 spiro atoms. The summed E-state index contributed by atoms with van der Waals surface area (Å²) in [6.07, 6.45) is 2.19. The van der Waals surface area contributed by atoms with Crippen molar-refractivity contribution in [2.45, 2.75) is 40.5 Å². The molecule has 2 N–H and O–H groups in total. The molecule has 0 saturated carbocycles. The van der Waals surface area contributed by atoms with Crippen LogP contribution in [-0.2, 0) is 0 Å². The summed E-state index contributed by atoms with van der Waals surface area (Å²) in [4.78, 5) is 14.7. The molecule has 0 fully saturated rings. The molecule has 26 heavy (non-hydrogen) atoms. The van der Waals surface area contributed by atoms with Gasteiger partial charge in [0.25, 0.3) is 5.91 Å². The van der Waals surface area contributed by atoms with E-state index in [4.69, 9.17) is 0 Å². The largest absolute Gasteiger partial charge is 0.372 e. The van der Waals surface area contributed by atoms with Gasteiger partial charge in [0.15, 0.2) is 5.69 Å². The van der Waals surface area contributed by atoms with E-state index in [-0.39, 0.29) is 5.91 Å². The first-order chi connectivity index (χ1) is 12.6. The fourth-order valence-electron chi connectivity index (χ4n) is 2.70. The molecule has 0 bridgehead atoms. The quantitative estimate of drug-likeness (QED) is 0.663. The average Bonchev–Trinajstić information content (AvgIpc) is 2.65. The van der Waals surface area contributed by atoms with E-state index in [1.807, 2.05) is 19.1 Å². The molecule has 2 aromatic rings. The number of rotatable bonds is 9. The Hall–Kier alpha value is -2.63. The minimum atomic E-state index is -0.253. The van der Waals surface area contributed by atoms with E-state index in [0.717, 1.165) is 49.4 Å². The van der Waals surface area contributed by atoms with E-state index in [0.29, 0.717) is 11.5 Å². The molecule has 140 valence electrons. The van der Waals surface area contributed by atoms with Crippen molar-refractivity contribution in [2.75, 3.05) is 35.2 Å². The zero-order valence-corrected chi connectivity index (χ0v) is 16.2. The predicted molar refractivity (Wildman–Crippen MR) is 108 cm³/mol. The topological polar surface area (TPSA) is 70.2 Å². The third-order valence-electron chi connectivity index (χ3n) is 4.32. The van der Waals surface area contributed by atoms with Crippen LogP contribution in [0, 0.1) is 6.92 Å². The molecule has 2 rings (SSSR count). The Labute approximate surface area is 156 Å². The molecule has 0 aliphatic heterocycles. The van der Waals surface area contributed by atoms with Gasteiger partial charge in [-0.1, -0.05) is 13.3 Å². The van der Waals surface area contributed by atoms with Gasteiger partial charge in [0.1, 0.15) is 5.82 Å². The molecule has 0 aliphatic rings. The highest BCUT2D eigenvalue weighted by Gasteiger charge is 2.11.